The highest BCUT2D eigenvalue weighted by Gasteiger charge is 2.21. The molecular formula is C23H33NO9. The molecule has 0 aromatic heterocycles. The molecule has 0 saturated carbocycles. The lowest BCUT2D eigenvalue weighted by Gasteiger charge is -2.17. The first-order chi connectivity index (χ1) is 15.5. The number of rotatable bonds is 12. The summed E-state index contributed by atoms with van der Waals surface area (Å²) in [5.74, 6) is -1.37. The molecule has 10 heteroatoms. The predicted molar refractivity (Wildman–Crippen MR) is 118 cm³/mol. The van der Waals surface area contributed by atoms with Gasteiger partial charge < -0.3 is 29.4 Å². The van der Waals surface area contributed by atoms with Crippen molar-refractivity contribution < 1.29 is 42.9 Å². The molecule has 1 rings (SSSR count). The zero-order chi connectivity index (χ0) is 25.0. The van der Waals surface area contributed by atoms with Crippen molar-refractivity contribution in [1.29, 1.82) is 0 Å². The third-order valence-electron chi connectivity index (χ3n) is 4.08. The van der Waals surface area contributed by atoms with E-state index >= 15 is 0 Å². The topological polar surface area (TPSA) is 140 Å². The standard InChI is InChI=1S/C23H33NO9/c1-6-20(25)32-18-9-8-16(11-19(18)33-21(26)7-2)10-17(24)22(27)31-15(5)13-30-23(28)29-12-14(3)4/h8-9,11,14-15,17H,6-7,10,12-13,24H2,1-5H3/t15-,17-/m0/s1. The van der Waals surface area contributed by atoms with Crippen molar-refractivity contribution in [2.75, 3.05) is 13.2 Å². The lowest BCUT2D eigenvalue weighted by atomic mass is 10.1. The van der Waals surface area contributed by atoms with E-state index in [0.717, 1.165) is 0 Å². The van der Waals surface area contributed by atoms with Gasteiger partial charge in [-0.05, 0) is 37.0 Å². The van der Waals surface area contributed by atoms with Crippen molar-refractivity contribution in [3.63, 3.8) is 0 Å². The van der Waals surface area contributed by atoms with Crippen molar-refractivity contribution in [2.24, 2.45) is 11.7 Å². The molecule has 1 aromatic carbocycles. The monoisotopic (exact) mass is 467 g/mol. The summed E-state index contributed by atoms with van der Waals surface area (Å²) in [6, 6.07) is 3.53. The zero-order valence-electron chi connectivity index (χ0n) is 19.8. The number of carbonyl (C=O) groups excluding carboxylic acids is 4. The van der Waals surface area contributed by atoms with E-state index in [9.17, 15) is 19.2 Å². The minimum absolute atomic E-state index is 0.0587. The van der Waals surface area contributed by atoms with Gasteiger partial charge in [-0.15, -0.1) is 0 Å². The molecule has 0 saturated heterocycles. The maximum Gasteiger partial charge on any atom is 0.508 e. The second-order valence-corrected chi connectivity index (χ2v) is 7.76. The Bertz CT molecular complexity index is 822. The van der Waals surface area contributed by atoms with Gasteiger partial charge >= 0.3 is 24.1 Å². The number of esters is 3. The van der Waals surface area contributed by atoms with E-state index in [-0.39, 0.29) is 49.9 Å². The van der Waals surface area contributed by atoms with Crippen LogP contribution in [0.5, 0.6) is 11.5 Å². The third kappa shape index (κ3) is 10.8. The smallest absolute Gasteiger partial charge is 0.458 e. The van der Waals surface area contributed by atoms with Crippen molar-refractivity contribution in [3.05, 3.63) is 23.8 Å². The Hall–Kier alpha value is -3.14. The number of hydrogen-bond donors (Lipinski definition) is 1. The Morgan fingerprint density at radius 3 is 2.03 bits per heavy atom. The summed E-state index contributed by atoms with van der Waals surface area (Å²) in [6.07, 6.45) is -1.22. The van der Waals surface area contributed by atoms with Crippen LogP contribution >= 0.6 is 0 Å². The Morgan fingerprint density at radius 2 is 1.45 bits per heavy atom. The van der Waals surface area contributed by atoms with E-state index in [1.165, 1.54) is 12.1 Å². The second-order valence-electron chi connectivity index (χ2n) is 7.76. The Labute approximate surface area is 193 Å². The molecule has 10 nitrogen and oxygen atoms in total. The Balaban J connectivity index is 2.70. The molecule has 33 heavy (non-hydrogen) atoms. The lowest BCUT2D eigenvalue weighted by Crippen LogP contribution is -2.37. The predicted octanol–water partition coefficient (Wildman–Crippen LogP) is 2.93. The van der Waals surface area contributed by atoms with Gasteiger partial charge in [0.05, 0.1) is 6.61 Å². The maximum atomic E-state index is 12.3. The SMILES string of the molecule is CCC(=O)Oc1ccc(C[C@H](N)C(=O)O[C@@H](C)COC(=O)OCC(C)C)cc1OC(=O)CC. The van der Waals surface area contributed by atoms with E-state index in [2.05, 4.69) is 0 Å². The van der Waals surface area contributed by atoms with Gasteiger partial charge in [0.2, 0.25) is 0 Å². The third-order valence-corrected chi connectivity index (χ3v) is 4.08. The van der Waals surface area contributed by atoms with Gasteiger partial charge in [-0.1, -0.05) is 33.8 Å². The molecule has 2 N–H and O–H groups in total. The fourth-order valence-electron chi connectivity index (χ4n) is 2.35. The van der Waals surface area contributed by atoms with Crippen LogP contribution in [0.2, 0.25) is 0 Å². The van der Waals surface area contributed by atoms with Crippen LogP contribution < -0.4 is 15.2 Å². The van der Waals surface area contributed by atoms with Crippen LogP contribution in [0.15, 0.2) is 18.2 Å². The van der Waals surface area contributed by atoms with Gasteiger partial charge in [0, 0.05) is 12.8 Å². The first kappa shape index (κ1) is 27.9. The summed E-state index contributed by atoms with van der Waals surface area (Å²) in [5.41, 5.74) is 6.52. The molecule has 0 radical (unpaired) electrons. The molecule has 0 fully saturated rings. The van der Waals surface area contributed by atoms with Crippen LogP contribution in [0.4, 0.5) is 4.79 Å². The van der Waals surface area contributed by atoms with Crippen LogP contribution in [-0.4, -0.2) is 49.4 Å². The summed E-state index contributed by atoms with van der Waals surface area (Å²) in [5, 5.41) is 0. The first-order valence-electron chi connectivity index (χ1n) is 10.9. The average molecular weight is 468 g/mol. The van der Waals surface area contributed by atoms with Crippen molar-refractivity contribution in [1.82, 2.24) is 0 Å². The molecular weight excluding hydrogens is 434 g/mol. The van der Waals surface area contributed by atoms with Crippen LogP contribution in [0.1, 0.15) is 53.0 Å². The fourth-order valence-corrected chi connectivity index (χ4v) is 2.35. The van der Waals surface area contributed by atoms with Crippen LogP contribution in [0.3, 0.4) is 0 Å². The molecule has 2 atom stereocenters. The number of benzene rings is 1. The normalized spacial score (nSPS) is 12.5. The van der Waals surface area contributed by atoms with Gasteiger partial charge in [-0.3, -0.25) is 14.4 Å². The Kier molecular flexibility index (Phi) is 11.9. The molecule has 184 valence electrons. The minimum atomic E-state index is -1.03. The quantitative estimate of drug-likeness (QED) is 0.360. The minimum Gasteiger partial charge on any atom is -0.458 e. The van der Waals surface area contributed by atoms with E-state index in [0.29, 0.717) is 5.56 Å². The average Bonchev–Trinajstić information content (AvgIpc) is 2.77. The highest BCUT2D eigenvalue weighted by molar-refractivity contribution is 5.77. The molecule has 1 aromatic rings. The van der Waals surface area contributed by atoms with E-state index < -0.39 is 36.2 Å². The number of carbonyl (C=O) groups is 4. The van der Waals surface area contributed by atoms with Crippen LogP contribution in [-0.2, 0) is 35.0 Å². The van der Waals surface area contributed by atoms with Crippen molar-refractivity contribution >= 4 is 24.1 Å². The molecule has 0 aliphatic carbocycles. The maximum absolute atomic E-state index is 12.3. The summed E-state index contributed by atoms with van der Waals surface area (Å²) < 4.78 is 25.4. The van der Waals surface area contributed by atoms with Gasteiger partial charge in [0.25, 0.3) is 0 Å². The number of ether oxygens (including phenoxy) is 5. The second kappa shape index (κ2) is 14.1. The highest BCUT2D eigenvalue weighted by Crippen LogP contribution is 2.30. The molecule has 0 amide bonds. The van der Waals surface area contributed by atoms with Crippen LogP contribution in [0.25, 0.3) is 0 Å². The molecule has 0 bridgehead atoms. The van der Waals surface area contributed by atoms with E-state index in [1.807, 2.05) is 13.8 Å². The van der Waals surface area contributed by atoms with Crippen molar-refractivity contribution in [3.8, 4) is 11.5 Å². The summed E-state index contributed by atoms with van der Waals surface area (Å²) in [4.78, 5) is 47.1. The molecule has 0 aliphatic heterocycles. The first-order valence-corrected chi connectivity index (χ1v) is 10.9. The van der Waals surface area contributed by atoms with Crippen molar-refractivity contribution in [2.45, 2.75) is 66.0 Å². The van der Waals surface area contributed by atoms with Gasteiger partial charge in [0.15, 0.2) is 11.5 Å². The van der Waals surface area contributed by atoms with E-state index in [1.54, 1.807) is 26.8 Å². The molecule has 0 heterocycles. The molecule has 0 spiro atoms. The zero-order valence-corrected chi connectivity index (χ0v) is 19.8. The lowest BCUT2D eigenvalue weighted by molar-refractivity contribution is -0.152. The fraction of sp³-hybridized carbons (Fsp3) is 0.565. The number of hydrogen-bond acceptors (Lipinski definition) is 10. The highest BCUT2D eigenvalue weighted by atomic mass is 16.7. The molecule has 0 aliphatic rings. The van der Waals surface area contributed by atoms with Gasteiger partial charge in [-0.25, -0.2) is 4.79 Å². The molecule has 0 unspecified atom stereocenters. The number of nitrogens with two attached hydrogens (primary N) is 1. The summed E-state index contributed by atoms with van der Waals surface area (Å²) in [7, 11) is 0. The summed E-state index contributed by atoms with van der Waals surface area (Å²) >= 11 is 0. The van der Waals surface area contributed by atoms with Gasteiger partial charge in [-0.2, -0.15) is 0 Å². The largest absolute Gasteiger partial charge is 0.508 e. The summed E-state index contributed by atoms with van der Waals surface area (Å²) in [6.45, 7) is 8.65. The van der Waals surface area contributed by atoms with E-state index in [4.69, 9.17) is 29.4 Å². The van der Waals surface area contributed by atoms with Gasteiger partial charge in [0.1, 0.15) is 18.8 Å². The van der Waals surface area contributed by atoms with Crippen LogP contribution in [0, 0.1) is 5.92 Å². The Morgan fingerprint density at radius 1 is 0.879 bits per heavy atom.